The molecule has 1 aromatic rings. The molecule has 7 heteroatoms. The summed E-state index contributed by atoms with van der Waals surface area (Å²) in [6.07, 6.45) is -0.103. The van der Waals surface area contributed by atoms with Crippen molar-refractivity contribution in [3.05, 3.63) is 22.5 Å². The second-order valence-corrected chi connectivity index (χ2v) is 6.19. The highest BCUT2D eigenvalue weighted by Crippen LogP contribution is 2.23. The van der Waals surface area contributed by atoms with Gasteiger partial charge in [0.2, 0.25) is 0 Å². The van der Waals surface area contributed by atoms with E-state index in [1.54, 1.807) is 20.8 Å². The van der Waals surface area contributed by atoms with Crippen molar-refractivity contribution in [3.63, 3.8) is 0 Å². The number of rotatable bonds is 6. The van der Waals surface area contributed by atoms with Crippen LogP contribution in [0.4, 0.5) is 0 Å². The average Bonchev–Trinajstić information content (AvgIpc) is 2.87. The number of hydrogen-bond donors (Lipinski definition) is 1. The van der Waals surface area contributed by atoms with Crippen molar-refractivity contribution in [2.24, 2.45) is 0 Å². The summed E-state index contributed by atoms with van der Waals surface area (Å²) in [7, 11) is 1.22. The van der Waals surface area contributed by atoms with Crippen LogP contribution in [0.2, 0.25) is 0 Å². The van der Waals surface area contributed by atoms with Crippen molar-refractivity contribution in [2.45, 2.75) is 59.6 Å². The first-order chi connectivity index (χ1) is 12.3. The topological polar surface area (TPSA) is 94.7 Å². The summed E-state index contributed by atoms with van der Waals surface area (Å²) in [6, 6.07) is 0. The first-order valence-corrected chi connectivity index (χ1v) is 7.44. The van der Waals surface area contributed by atoms with E-state index in [0.29, 0.717) is 0 Å². The number of aromatic amines is 1. The zero-order chi connectivity index (χ0) is 21.0. The summed E-state index contributed by atoms with van der Waals surface area (Å²) >= 11 is 0. The smallest absolute Gasteiger partial charge is 0.355 e. The lowest BCUT2D eigenvalue weighted by Crippen LogP contribution is -2.24. The van der Waals surface area contributed by atoms with E-state index >= 15 is 0 Å². The Balaban J connectivity index is 3.45. The van der Waals surface area contributed by atoms with Gasteiger partial charge in [0, 0.05) is 17.5 Å². The summed E-state index contributed by atoms with van der Waals surface area (Å²) in [5.74, 6) is -1.95. The number of carbonyl (C=O) groups is 3. The number of ether oxygens (including phenoxy) is 3. The minimum Gasteiger partial charge on any atom is -0.469 e. The molecule has 0 radical (unpaired) electrons. The zero-order valence-electron chi connectivity index (χ0n) is 17.6. The fourth-order valence-corrected chi connectivity index (χ4v) is 1.97. The number of esters is 3. The van der Waals surface area contributed by atoms with Crippen LogP contribution >= 0.6 is 0 Å². The van der Waals surface area contributed by atoms with Gasteiger partial charge in [-0.1, -0.05) is 0 Å². The van der Waals surface area contributed by atoms with Crippen LogP contribution in [0.3, 0.4) is 0 Å². The summed E-state index contributed by atoms with van der Waals surface area (Å²) in [5, 5.41) is 0. The highest BCUT2D eigenvalue weighted by molar-refractivity contribution is 5.90. The van der Waals surface area contributed by atoms with Crippen LogP contribution in [-0.2, 0) is 36.8 Å². The first-order valence-electron chi connectivity index (χ1n) is 8.94. The van der Waals surface area contributed by atoms with E-state index in [-0.39, 0.29) is 42.0 Å². The molecule has 0 aliphatic heterocycles. The molecule has 0 aliphatic carbocycles. The monoisotopic (exact) mass is 342 g/mol. The Hall–Kier alpha value is -2.31. The molecule has 0 unspecified atom stereocenters. The normalized spacial score (nSPS) is 13.5. The van der Waals surface area contributed by atoms with Crippen LogP contribution < -0.4 is 0 Å². The molecule has 1 rings (SSSR count). The minimum absolute atomic E-state index is 0.00368. The van der Waals surface area contributed by atoms with Crippen LogP contribution in [0.1, 0.15) is 65.5 Å². The molecular formula is C17H25NO6. The Labute approximate surface area is 145 Å². The van der Waals surface area contributed by atoms with E-state index < -0.39 is 30.4 Å². The molecule has 7 nitrogen and oxygen atoms in total. The summed E-state index contributed by atoms with van der Waals surface area (Å²) < 4.78 is 38.3. The molecule has 1 aromatic heterocycles. The van der Waals surface area contributed by atoms with Crippen molar-refractivity contribution in [2.75, 3.05) is 7.11 Å². The molecule has 0 spiro atoms. The third-order valence-corrected chi connectivity index (χ3v) is 3.02. The quantitative estimate of drug-likeness (QED) is 0.630. The number of methoxy groups -OCH3 is 1. The Morgan fingerprint density at radius 2 is 1.92 bits per heavy atom. The minimum atomic E-state index is -2.65. The van der Waals surface area contributed by atoms with Crippen LogP contribution in [-0.4, -0.2) is 35.6 Å². The molecule has 0 bridgehead atoms. The Kier molecular flexibility index (Phi) is 5.07. The molecule has 0 aromatic carbocycles. The van der Waals surface area contributed by atoms with Crippen molar-refractivity contribution < 1.29 is 32.7 Å². The molecule has 1 N–H and O–H groups in total. The summed E-state index contributed by atoms with van der Waals surface area (Å²) in [6.45, 7) is 3.25. The predicted molar refractivity (Wildman–Crippen MR) is 86.5 cm³/mol. The lowest BCUT2D eigenvalue weighted by atomic mass is 10.0. The maximum absolute atomic E-state index is 12.5. The van der Waals surface area contributed by atoms with Crippen LogP contribution in [0.5, 0.6) is 0 Å². The number of hydrogen-bond acceptors (Lipinski definition) is 6. The third-order valence-electron chi connectivity index (χ3n) is 3.02. The molecular weight excluding hydrogens is 314 g/mol. The second kappa shape index (κ2) is 7.99. The second-order valence-electron chi connectivity index (χ2n) is 6.19. The van der Waals surface area contributed by atoms with Crippen LogP contribution in [0, 0.1) is 6.85 Å². The lowest BCUT2D eigenvalue weighted by Gasteiger charge is -2.19. The third kappa shape index (κ3) is 5.72. The lowest BCUT2D eigenvalue weighted by molar-refractivity contribution is -0.142. The Morgan fingerprint density at radius 3 is 2.42 bits per heavy atom. The Bertz CT molecular complexity index is 715. The molecule has 24 heavy (non-hydrogen) atoms. The molecule has 0 saturated heterocycles. The van der Waals surface area contributed by atoms with Crippen molar-refractivity contribution in [3.8, 4) is 0 Å². The van der Waals surface area contributed by atoms with E-state index in [2.05, 4.69) is 9.72 Å². The van der Waals surface area contributed by atoms with Gasteiger partial charge in [0.1, 0.15) is 17.9 Å². The number of carbonyl (C=O) groups excluding carboxylic acids is 3. The first kappa shape index (κ1) is 15.2. The van der Waals surface area contributed by atoms with E-state index in [9.17, 15) is 14.4 Å². The van der Waals surface area contributed by atoms with Gasteiger partial charge in [-0.15, -0.1) is 0 Å². The molecule has 0 fully saturated rings. The van der Waals surface area contributed by atoms with Gasteiger partial charge < -0.3 is 19.2 Å². The molecule has 0 saturated carbocycles. The zero-order valence-corrected chi connectivity index (χ0v) is 14.6. The number of nitrogens with one attached hydrogen (secondary N) is 1. The molecule has 0 atom stereocenters. The highest BCUT2D eigenvalue weighted by atomic mass is 16.6. The van der Waals surface area contributed by atoms with Crippen molar-refractivity contribution >= 4 is 17.9 Å². The summed E-state index contributed by atoms with van der Waals surface area (Å²) in [5.41, 5.74) is -0.894. The molecule has 0 amide bonds. The fourth-order valence-electron chi connectivity index (χ4n) is 1.97. The molecule has 0 aliphatic rings. The predicted octanol–water partition coefficient (Wildman–Crippen LogP) is 2.45. The maximum Gasteiger partial charge on any atom is 0.355 e. The number of H-pyrrole nitrogens is 1. The van der Waals surface area contributed by atoms with Gasteiger partial charge in [-0.2, -0.15) is 0 Å². The standard InChI is InChI=1S/C17H25NO6/c1-10-12(7-8-14(20)22-6)13(9-23-11(2)19)18-15(10)16(21)24-17(3,4)5/h18H,7-9H2,1-6H3/i1D3. The molecule has 134 valence electrons. The van der Waals surface area contributed by atoms with Gasteiger partial charge >= 0.3 is 17.9 Å². The van der Waals surface area contributed by atoms with Crippen molar-refractivity contribution in [1.29, 1.82) is 0 Å². The van der Waals surface area contributed by atoms with E-state index in [4.69, 9.17) is 13.6 Å². The highest BCUT2D eigenvalue weighted by Gasteiger charge is 2.25. The van der Waals surface area contributed by atoms with Gasteiger partial charge in [-0.3, -0.25) is 9.59 Å². The van der Waals surface area contributed by atoms with E-state index in [0.717, 1.165) is 0 Å². The van der Waals surface area contributed by atoms with Gasteiger partial charge in [0.15, 0.2) is 0 Å². The van der Waals surface area contributed by atoms with E-state index in [1.807, 2.05) is 0 Å². The van der Waals surface area contributed by atoms with Gasteiger partial charge in [0.25, 0.3) is 0 Å². The average molecular weight is 342 g/mol. The summed E-state index contributed by atoms with van der Waals surface area (Å²) in [4.78, 5) is 37.9. The van der Waals surface area contributed by atoms with Gasteiger partial charge in [-0.05, 0) is 45.2 Å². The van der Waals surface area contributed by atoms with Gasteiger partial charge in [0.05, 0.1) is 12.8 Å². The fraction of sp³-hybridized carbons (Fsp3) is 0.588. The molecule has 1 heterocycles. The maximum atomic E-state index is 12.5. The Morgan fingerprint density at radius 1 is 1.25 bits per heavy atom. The number of aromatic nitrogens is 1. The van der Waals surface area contributed by atoms with Crippen LogP contribution in [0.15, 0.2) is 0 Å². The SMILES string of the molecule is [2H]C([2H])([2H])c1c(C(=O)OC(C)(C)C)[nH]c(COC(C)=O)c1CCC(=O)OC. The van der Waals surface area contributed by atoms with Gasteiger partial charge in [-0.25, -0.2) is 4.79 Å². The van der Waals surface area contributed by atoms with E-state index in [1.165, 1.54) is 14.0 Å². The van der Waals surface area contributed by atoms with Crippen molar-refractivity contribution in [1.82, 2.24) is 4.98 Å². The van der Waals surface area contributed by atoms with Crippen LogP contribution in [0.25, 0.3) is 0 Å². The largest absolute Gasteiger partial charge is 0.469 e.